The van der Waals surface area contributed by atoms with Crippen LogP contribution in [0.5, 0.6) is 0 Å². The molecule has 1 heterocycles. The number of piperidine rings is 1. The summed E-state index contributed by atoms with van der Waals surface area (Å²) < 4.78 is 0. The maximum absolute atomic E-state index is 11.8. The van der Waals surface area contributed by atoms with Gasteiger partial charge in [-0.15, -0.1) is 0 Å². The maximum atomic E-state index is 11.8. The van der Waals surface area contributed by atoms with Crippen molar-refractivity contribution in [2.75, 3.05) is 19.6 Å². The number of hydrogen-bond acceptors (Lipinski definition) is 4. The van der Waals surface area contributed by atoms with Gasteiger partial charge in [-0.05, 0) is 12.8 Å². The van der Waals surface area contributed by atoms with Crippen molar-refractivity contribution in [3.05, 3.63) is 0 Å². The second kappa shape index (κ2) is 7.27. The fraction of sp³-hybridized carbons (Fsp3) is 0.833. The molecule has 17 heavy (non-hydrogen) atoms. The van der Waals surface area contributed by atoms with Crippen LogP contribution < -0.4 is 5.32 Å². The van der Waals surface area contributed by atoms with E-state index in [1.807, 2.05) is 0 Å². The minimum absolute atomic E-state index is 0.100. The molecule has 5 nitrogen and oxygen atoms in total. The number of carbonyl (C=O) groups excluding carboxylic acids is 1. The van der Waals surface area contributed by atoms with Gasteiger partial charge >= 0.3 is 0 Å². The number of amides is 1. The summed E-state index contributed by atoms with van der Waals surface area (Å²) in [5.41, 5.74) is 0.835. The molecule has 1 saturated heterocycles. The van der Waals surface area contributed by atoms with Crippen LogP contribution in [0.4, 0.5) is 0 Å². The standard InChI is InChI=1S/C12H23N3O2/c1-3-10(4-2)13-12(16)9-15-7-5-11(14-17)6-8-15/h10,17H,3-9H2,1-2H3,(H,13,16). The van der Waals surface area contributed by atoms with Gasteiger partial charge in [0.2, 0.25) is 5.91 Å². The summed E-state index contributed by atoms with van der Waals surface area (Å²) >= 11 is 0. The van der Waals surface area contributed by atoms with E-state index in [0.717, 1.165) is 44.5 Å². The highest BCUT2D eigenvalue weighted by molar-refractivity contribution is 5.85. The summed E-state index contributed by atoms with van der Waals surface area (Å²) in [5, 5.41) is 14.9. The van der Waals surface area contributed by atoms with Gasteiger partial charge in [-0.1, -0.05) is 19.0 Å². The van der Waals surface area contributed by atoms with Crippen LogP contribution in [0.2, 0.25) is 0 Å². The largest absolute Gasteiger partial charge is 0.411 e. The molecule has 0 atom stereocenters. The van der Waals surface area contributed by atoms with Gasteiger partial charge in [0.05, 0.1) is 12.3 Å². The molecule has 0 aromatic carbocycles. The zero-order valence-corrected chi connectivity index (χ0v) is 10.8. The van der Waals surface area contributed by atoms with Crippen molar-refractivity contribution in [1.82, 2.24) is 10.2 Å². The van der Waals surface area contributed by atoms with Crippen molar-refractivity contribution in [2.45, 2.75) is 45.6 Å². The molecule has 0 radical (unpaired) electrons. The Morgan fingerprint density at radius 2 is 2.00 bits per heavy atom. The number of carbonyl (C=O) groups is 1. The van der Waals surface area contributed by atoms with Gasteiger partial charge in [-0.3, -0.25) is 9.69 Å². The van der Waals surface area contributed by atoms with Crippen molar-refractivity contribution in [3.63, 3.8) is 0 Å². The van der Waals surface area contributed by atoms with E-state index < -0.39 is 0 Å². The zero-order valence-electron chi connectivity index (χ0n) is 10.8. The molecule has 0 aromatic rings. The Hall–Kier alpha value is -1.10. The van der Waals surface area contributed by atoms with Gasteiger partial charge < -0.3 is 10.5 Å². The SMILES string of the molecule is CCC(CC)NC(=O)CN1CCC(=NO)CC1. The smallest absolute Gasteiger partial charge is 0.234 e. The van der Waals surface area contributed by atoms with Crippen LogP contribution in [0.15, 0.2) is 5.16 Å². The summed E-state index contributed by atoms with van der Waals surface area (Å²) in [7, 11) is 0. The first-order valence-corrected chi connectivity index (χ1v) is 6.41. The summed E-state index contributed by atoms with van der Waals surface area (Å²) in [5.74, 6) is 0.100. The lowest BCUT2D eigenvalue weighted by Crippen LogP contribution is -2.44. The molecule has 1 amide bonds. The average Bonchev–Trinajstić information content (AvgIpc) is 2.37. The van der Waals surface area contributed by atoms with Crippen LogP contribution >= 0.6 is 0 Å². The van der Waals surface area contributed by atoms with Crippen molar-refractivity contribution in [2.24, 2.45) is 5.16 Å². The summed E-state index contributed by atoms with van der Waals surface area (Å²) in [6.07, 6.45) is 3.47. The number of nitrogens with zero attached hydrogens (tertiary/aromatic N) is 2. The van der Waals surface area contributed by atoms with Crippen molar-refractivity contribution >= 4 is 11.6 Å². The van der Waals surface area contributed by atoms with E-state index in [1.54, 1.807) is 0 Å². The molecule has 0 bridgehead atoms. The van der Waals surface area contributed by atoms with Crippen LogP contribution in [0.3, 0.4) is 0 Å². The lowest BCUT2D eigenvalue weighted by atomic mass is 10.1. The quantitative estimate of drug-likeness (QED) is 0.562. The van der Waals surface area contributed by atoms with Gasteiger partial charge in [0.1, 0.15) is 0 Å². The Morgan fingerprint density at radius 3 is 2.47 bits per heavy atom. The molecule has 0 saturated carbocycles. The first-order valence-electron chi connectivity index (χ1n) is 6.41. The Morgan fingerprint density at radius 1 is 1.41 bits per heavy atom. The zero-order chi connectivity index (χ0) is 12.7. The number of rotatable bonds is 5. The molecule has 1 fully saturated rings. The van der Waals surface area contributed by atoms with E-state index in [4.69, 9.17) is 5.21 Å². The number of likely N-dealkylation sites (tertiary alicyclic amines) is 1. The molecular weight excluding hydrogens is 218 g/mol. The molecule has 0 aliphatic carbocycles. The highest BCUT2D eigenvalue weighted by atomic mass is 16.4. The van der Waals surface area contributed by atoms with E-state index in [1.165, 1.54) is 0 Å². The Bertz CT molecular complexity index is 265. The fourth-order valence-corrected chi connectivity index (χ4v) is 2.04. The van der Waals surface area contributed by atoms with E-state index >= 15 is 0 Å². The third-order valence-corrected chi connectivity index (χ3v) is 3.29. The van der Waals surface area contributed by atoms with E-state index in [2.05, 4.69) is 29.2 Å². The van der Waals surface area contributed by atoms with Crippen molar-refractivity contribution in [3.8, 4) is 0 Å². The molecule has 1 aliphatic rings. The van der Waals surface area contributed by atoms with Crippen LogP contribution in [-0.2, 0) is 4.79 Å². The fourth-order valence-electron chi connectivity index (χ4n) is 2.04. The molecule has 1 rings (SSSR count). The average molecular weight is 241 g/mol. The summed E-state index contributed by atoms with van der Waals surface area (Å²) in [6, 6.07) is 0.293. The second-order valence-corrected chi connectivity index (χ2v) is 4.52. The number of nitrogens with one attached hydrogen (secondary N) is 1. The van der Waals surface area contributed by atoms with Crippen molar-refractivity contribution < 1.29 is 10.0 Å². The lowest BCUT2D eigenvalue weighted by molar-refractivity contribution is -0.123. The monoisotopic (exact) mass is 241 g/mol. The normalized spacial score (nSPS) is 17.2. The molecule has 1 aliphatic heterocycles. The van der Waals surface area contributed by atoms with E-state index in [9.17, 15) is 4.79 Å². The van der Waals surface area contributed by atoms with Crippen LogP contribution in [0, 0.1) is 0 Å². The predicted octanol–water partition coefficient (Wildman–Crippen LogP) is 1.22. The van der Waals surface area contributed by atoms with Gasteiger partial charge in [-0.2, -0.15) is 0 Å². The Kier molecular flexibility index (Phi) is 5.97. The third kappa shape index (κ3) is 4.73. The minimum Gasteiger partial charge on any atom is -0.411 e. The molecule has 2 N–H and O–H groups in total. The molecule has 0 unspecified atom stereocenters. The van der Waals surface area contributed by atoms with Gasteiger partial charge in [-0.25, -0.2) is 0 Å². The number of oxime groups is 1. The Balaban J connectivity index is 2.28. The predicted molar refractivity (Wildman–Crippen MR) is 67.4 cm³/mol. The van der Waals surface area contributed by atoms with Gasteiger partial charge in [0, 0.05) is 32.0 Å². The minimum atomic E-state index is 0.100. The highest BCUT2D eigenvalue weighted by Gasteiger charge is 2.18. The van der Waals surface area contributed by atoms with Crippen LogP contribution in [0.1, 0.15) is 39.5 Å². The summed E-state index contributed by atoms with van der Waals surface area (Å²) in [6.45, 7) is 6.22. The third-order valence-electron chi connectivity index (χ3n) is 3.29. The molecule has 0 aromatic heterocycles. The lowest BCUT2D eigenvalue weighted by Gasteiger charge is -2.27. The number of hydrogen-bond donors (Lipinski definition) is 2. The van der Waals surface area contributed by atoms with E-state index in [-0.39, 0.29) is 5.91 Å². The second-order valence-electron chi connectivity index (χ2n) is 4.52. The maximum Gasteiger partial charge on any atom is 0.234 e. The van der Waals surface area contributed by atoms with E-state index in [0.29, 0.717) is 12.6 Å². The van der Waals surface area contributed by atoms with Crippen LogP contribution in [-0.4, -0.2) is 47.4 Å². The van der Waals surface area contributed by atoms with Gasteiger partial charge in [0.15, 0.2) is 0 Å². The first kappa shape index (κ1) is 14.0. The summed E-state index contributed by atoms with van der Waals surface area (Å²) in [4.78, 5) is 13.9. The Labute approximate surface area is 103 Å². The van der Waals surface area contributed by atoms with Crippen molar-refractivity contribution in [1.29, 1.82) is 0 Å². The topological polar surface area (TPSA) is 64.9 Å². The van der Waals surface area contributed by atoms with Gasteiger partial charge in [0.25, 0.3) is 0 Å². The molecule has 5 heteroatoms. The first-order chi connectivity index (χ1) is 8.19. The highest BCUT2D eigenvalue weighted by Crippen LogP contribution is 2.06. The molecular formula is C12H23N3O2. The molecule has 98 valence electrons. The molecule has 0 spiro atoms. The van der Waals surface area contributed by atoms with Crippen LogP contribution in [0.25, 0.3) is 0 Å².